The van der Waals surface area contributed by atoms with E-state index in [1.165, 1.54) is 11.1 Å². The predicted molar refractivity (Wildman–Crippen MR) is 62.9 cm³/mol. The second-order valence-electron chi connectivity index (χ2n) is 3.56. The van der Waals surface area contributed by atoms with Crippen LogP contribution < -0.4 is 0 Å². The van der Waals surface area contributed by atoms with E-state index >= 15 is 0 Å². The lowest BCUT2D eigenvalue weighted by atomic mass is 9.98. The summed E-state index contributed by atoms with van der Waals surface area (Å²) in [6.45, 7) is 2.14. The minimum atomic E-state index is 0.318. The number of hydrogen-bond acceptors (Lipinski definition) is 1. The van der Waals surface area contributed by atoms with Gasteiger partial charge in [0.2, 0.25) is 0 Å². The molecule has 0 saturated heterocycles. The first-order chi connectivity index (χ1) is 7.31. The van der Waals surface area contributed by atoms with Gasteiger partial charge in [0.1, 0.15) is 5.75 Å². The van der Waals surface area contributed by atoms with Crippen LogP contribution in [0, 0.1) is 0 Å². The zero-order valence-corrected chi connectivity index (χ0v) is 8.77. The maximum atomic E-state index is 9.44. The molecule has 0 aromatic heterocycles. The Hall–Kier alpha value is -1.76. The van der Waals surface area contributed by atoms with Crippen LogP contribution in [0.4, 0.5) is 0 Å². The first-order valence-electron chi connectivity index (χ1n) is 5.18. The molecule has 1 N–H and O–H groups in total. The maximum Gasteiger partial charge on any atom is 0.116 e. The molecule has 0 spiro atoms. The van der Waals surface area contributed by atoms with Gasteiger partial charge in [-0.1, -0.05) is 43.3 Å². The van der Waals surface area contributed by atoms with E-state index in [4.69, 9.17) is 0 Å². The highest BCUT2D eigenvalue weighted by Crippen LogP contribution is 2.26. The van der Waals surface area contributed by atoms with Crippen molar-refractivity contribution >= 4 is 0 Å². The van der Waals surface area contributed by atoms with Crippen LogP contribution in [-0.2, 0) is 6.42 Å². The Morgan fingerprint density at radius 3 is 2.53 bits per heavy atom. The van der Waals surface area contributed by atoms with E-state index in [-0.39, 0.29) is 0 Å². The molecule has 15 heavy (non-hydrogen) atoms. The summed E-state index contributed by atoms with van der Waals surface area (Å²) in [6.07, 6.45) is 1.01. The van der Waals surface area contributed by atoms with E-state index in [1.54, 1.807) is 12.1 Å². The SMILES string of the molecule is CCc1ccccc1-c1cccc(O)c1. The van der Waals surface area contributed by atoms with Crippen LogP contribution in [0.5, 0.6) is 5.75 Å². The Morgan fingerprint density at radius 2 is 1.80 bits per heavy atom. The number of phenols is 1. The van der Waals surface area contributed by atoms with Crippen molar-refractivity contribution in [3.8, 4) is 16.9 Å². The van der Waals surface area contributed by atoms with Crippen molar-refractivity contribution in [2.45, 2.75) is 13.3 Å². The molecule has 1 heteroatoms. The number of benzene rings is 2. The van der Waals surface area contributed by atoms with Gasteiger partial charge < -0.3 is 5.11 Å². The molecular weight excluding hydrogens is 184 g/mol. The topological polar surface area (TPSA) is 20.2 Å². The minimum Gasteiger partial charge on any atom is -0.508 e. The van der Waals surface area contributed by atoms with Crippen molar-refractivity contribution in [3.05, 3.63) is 54.1 Å². The monoisotopic (exact) mass is 198 g/mol. The molecule has 2 aromatic carbocycles. The summed E-state index contributed by atoms with van der Waals surface area (Å²) in [7, 11) is 0. The Bertz CT molecular complexity index is 460. The zero-order valence-electron chi connectivity index (χ0n) is 8.77. The number of rotatable bonds is 2. The van der Waals surface area contributed by atoms with Crippen LogP contribution in [-0.4, -0.2) is 5.11 Å². The van der Waals surface area contributed by atoms with Gasteiger partial charge in [-0.15, -0.1) is 0 Å². The number of aryl methyl sites for hydroxylation is 1. The van der Waals surface area contributed by atoms with Crippen LogP contribution in [0.25, 0.3) is 11.1 Å². The second-order valence-corrected chi connectivity index (χ2v) is 3.56. The fourth-order valence-electron chi connectivity index (χ4n) is 1.78. The van der Waals surface area contributed by atoms with Crippen molar-refractivity contribution in [2.75, 3.05) is 0 Å². The highest BCUT2D eigenvalue weighted by molar-refractivity contribution is 5.68. The van der Waals surface area contributed by atoms with Gasteiger partial charge in [0.05, 0.1) is 0 Å². The van der Waals surface area contributed by atoms with Crippen molar-refractivity contribution in [1.82, 2.24) is 0 Å². The lowest BCUT2D eigenvalue weighted by molar-refractivity contribution is 0.475. The average molecular weight is 198 g/mol. The molecule has 2 rings (SSSR count). The molecular formula is C14H14O. The van der Waals surface area contributed by atoms with Crippen LogP contribution >= 0.6 is 0 Å². The number of hydrogen-bond donors (Lipinski definition) is 1. The third-order valence-corrected chi connectivity index (χ3v) is 2.56. The zero-order chi connectivity index (χ0) is 10.7. The van der Waals surface area contributed by atoms with Gasteiger partial charge >= 0.3 is 0 Å². The van der Waals surface area contributed by atoms with Crippen LogP contribution in [0.2, 0.25) is 0 Å². The van der Waals surface area contributed by atoms with Gasteiger partial charge in [0, 0.05) is 0 Å². The Labute approximate surface area is 90.0 Å². The van der Waals surface area contributed by atoms with Gasteiger partial charge in [-0.2, -0.15) is 0 Å². The first-order valence-corrected chi connectivity index (χ1v) is 5.18. The van der Waals surface area contributed by atoms with Crippen LogP contribution in [0.1, 0.15) is 12.5 Å². The molecule has 76 valence electrons. The lowest BCUT2D eigenvalue weighted by Crippen LogP contribution is -1.86. The lowest BCUT2D eigenvalue weighted by Gasteiger charge is -2.07. The Kier molecular flexibility index (Phi) is 2.72. The molecule has 0 unspecified atom stereocenters. The molecule has 0 aliphatic heterocycles. The molecule has 1 nitrogen and oxygen atoms in total. The molecule has 0 fully saturated rings. The van der Waals surface area contributed by atoms with Gasteiger partial charge in [0.15, 0.2) is 0 Å². The van der Waals surface area contributed by atoms with Gasteiger partial charge in [0.25, 0.3) is 0 Å². The van der Waals surface area contributed by atoms with Gasteiger partial charge in [-0.3, -0.25) is 0 Å². The summed E-state index contributed by atoms with van der Waals surface area (Å²) >= 11 is 0. The highest BCUT2D eigenvalue weighted by atomic mass is 16.3. The molecule has 2 aromatic rings. The van der Waals surface area contributed by atoms with Crippen molar-refractivity contribution in [2.24, 2.45) is 0 Å². The third kappa shape index (κ3) is 2.01. The molecule has 0 radical (unpaired) electrons. The third-order valence-electron chi connectivity index (χ3n) is 2.56. The fraction of sp³-hybridized carbons (Fsp3) is 0.143. The van der Waals surface area contributed by atoms with Gasteiger partial charge in [-0.25, -0.2) is 0 Å². The standard InChI is InChI=1S/C14H14O/c1-2-11-6-3-4-9-14(11)12-7-5-8-13(15)10-12/h3-10,15H,2H2,1H3. The summed E-state index contributed by atoms with van der Waals surface area (Å²) in [6, 6.07) is 15.7. The van der Waals surface area contributed by atoms with Crippen LogP contribution in [0.3, 0.4) is 0 Å². The van der Waals surface area contributed by atoms with Gasteiger partial charge in [-0.05, 0) is 35.2 Å². The summed E-state index contributed by atoms with van der Waals surface area (Å²) in [5, 5.41) is 9.44. The largest absolute Gasteiger partial charge is 0.508 e. The Morgan fingerprint density at radius 1 is 1.00 bits per heavy atom. The summed E-state index contributed by atoms with van der Waals surface area (Å²) in [5.74, 6) is 0.318. The predicted octanol–water partition coefficient (Wildman–Crippen LogP) is 3.62. The van der Waals surface area contributed by atoms with E-state index in [2.05, 4.69) is 19.1 Å². The minimum absolute atomic E-state index is 0.318. The van der Waals surface area contributed by atoms with Crippen molar-refractivity contribution < 1.29 is 5.11 Å². The Balaban J connectivity index is 2.53. The quantitative estimate of drug-likeness (QED) is 0.781. The summed E-state index contributed by atoms with van der Waals surface area (Å²) in [4.78, 5) is 0. The molecule has 0 saturated carbocycles. The number of phenolic OH excluding ortho intramolecular Hbond substituents is 1. The molecule has 0 heterocycles. The van der Waals surface area contributed by atoms with Crippen molar-refractivity contribution in [3.63, 3.8) is 0 Å². The summed E-state index contributed by atoms with van der Waals surface area (Å²) in [5.41, 5.74) is 3.59. The highest BCUT2D eigenvalue weighted by Gasteiger charge is 2.02. The normalized spacial score (nSPS) is 10.2. The summed E-state index contributed by atoms with van der Waals surface area (Å²) < 4.78 is 0. The van der Waals surface area contributed by atoms with E-state index < -0.39 is 0 Å². The fourth-order valence-corrected chi connectivity index (χ4v) is 1.78. The van der Waals surface area contributed by atoms with E-state index in [0.717, 1.165) is 12.0 Å². The maximum absolute atomic E-state index is 9.44. The van der Waals surface area contributed by atoms with E-state index in [1.807, 2.05) is 24.3 Å². The smallest absolute Gasteiger partial charge is 0.116 e. The molecule has 0 atom stereocenters. The van der Waals surface area contributed by atoms with E-state index in [0.29, 0.717) is 5.75 Å². The molecule has 0 aliphatic carbocycles. The van der Waals surface area contributed by atoms with Crippen molar-refractivity contribution in [1.29, 1.82) is 0 Å². The number of aromatic hydroxyl groups is 1. The molecule has 0 bridgehead atoms. The first kappa shape index (κ1) is 9.78. The second kappa shape index (κ2) is 4.18. The van der Waals surface area contributed by atoms with Crippen LogP contribution in [0.15, 0.2) is 48.5 Å². The average Bonchev–Trinajstić information content (AvgIpc) is 2.29. The molecule has 0 amide bonds. The molecule has 0 aliphatic rings. The van der Waals surface area contributed by atoms with E-state index in [9.17, 15) is 5.11 Å².